The molecule has 0 fully saturated rings. The Balaban J connectivity index is 1.37. The highest BCUT2D eigenvalue weighted by Gasteiger charge is 2.42. The SMILES string of the molecule is Cc1cccc(C)c1B1c2ccccc2B(c2c(C)cccc2C)c2c(Oc3cccc(-c4ccccn4)c3)cc(-c3ccc4ccccc4n3)cc21. The van der Waals surface area contributed by atoms with Crippen LogP contribution in [-0.4, -0.2) is 23.4 Å². The van der Waals surface area contributed by atoms with E-state index in [0.717, 1.165) is 44.9 Å². The van der Waals surface area contributed by atoms with Gasteiger partial charge in [0.15, 0.2) is 0 Å². The van der Waals surface area contributed by atoms with Gasteiger partial charge in [-0.1, -0.05) is 159 Å². The van der Waals surface area contributed by atoms with E-state index in [9.17, 15) is 0 Å². The number of para-hydroxylation sites is 1. The average molecular weight is 680 g/mol. The van der Waals surface area contributed by atoms with Crippen LogP contribution in [0.5, 0.6) is 11.5 Å². The van der Waals surface area contributed by atoms with Gasteiger partial charge in [-0.25, -0.2) is 4.98 Å². The van der Waals surface area contributed by atoms with Crippen LogP contribution in [0.4, 0.5) is 0 Å². The lowest BCUT2D eigenvalue weighted by Gasteiger charge is -2.36. The molecule has 3 nitrogen and oxygen atoms in total. The highest BCUT2D eigenvalue weighted by molar-refractivity contribution is 7.12. The van der Waals surface area contributed by atoms with E-state index in [2.05, 4.69) is 160 Å². The van der Waals surface area contributed by atoms with Crippen molar-refractivity contribution in [2.45, 2.75) is 27.7 Å². The van der Waals surface area contributed by atoms with Crippen LogP contribution < -0.4 is 37.5 Å². The Morgan fingerprint density at radius 3 is 1.81 bits per heavy atom. The molecule has 5 heteroatoms. The molecule has 0 saturated carbocycles. The molecule has 0 bridgehead atoms. The summed E-state index contributed by atoms with van der Waals surface area (Å²) in [6.07, 6.45) is 1.83. The quantitative estimate of drug-likeness (QED) is 0.173. The number of hydrogen-bond acceptors (Lipinski definition) is 3. The van der Waals surface area contributed by atoms with Crippen LogP contribution in [-0.2, 0) is 0 Å². The number of benzene rings is 6. The average Bonchev–Trinajstić information content (AvgIpc) is 3.18. The van der Waals surface area contributed by atoms with E-state index in [0.29, 0.717) is 0 Å². The van der Waals surface area contributed by atoms with Crippen molar-refractivity contribution in [2.24, 2.45) is 0 Å². The minimum Gasteiger partial charge on any atom is -0.458 e. The number of rotatable bonds is 6. The van der Waals surface area contributed by atoms with Gasteiger partial charge in [-0.05, 0) is 75.6 Å². The lowest BCUT2D eigenvalue weighted by Crippen LogP contribution is -2.76. The third-order valence-corrected chi connectivity index (χ3v) is 11.0. The van der Waals surface area contributed by atoms with Crippen LogP contribution in [0.15, 0.2) is 158 Å². The summed E-state index contributed by atoms with van der Waals surface area (Å²) in [5.74, 6) is 1.60. The smallest absolute Gasteiger partial charge is 0.245 e. The maximum absolute atomic E-state index is 7.22. The van der Waals surface area contributed by atoms with Crippen LogP contribution in [0.25, 0.3) is 33.4 Å². The number of aromatic nitrogens is 2. The van der Waals surface area contributed by atoms with E-state index < -0.39 is 0 Å². The molecule has 6 aromatic carbocycles. The van der Waals surface area contributed by atoms with Crippen molar-refractivity contribution in [1.82, 2.24) is 9.97 Å². The van der Waals surface area contributed by atoms with E-state index >= 15 is 0 Å². The van der Waals surface area contributed by atoms with Crippen molar-refractivity contribution < 1.29 is 4.74 Å². The Bertz CT molecular complexity index is 2630. The van der Waals surface area contributed by atoms with Gasteiger partial charge in [-0.2, -0.15) is 0 Å². The first kappa shape index (κ1) is 32.7. The zero-order chi connectivity index (χ0) is 36.1. The molecule has 9 rings (SSSR count). The highest BCUT2D eigenvalue weighted by atomic mass is 16.5. The molecule has 2 aromatic heterocycles. The molecule has 0 radical (unpaired) electrons. The summed E-state index contributed by atoms with van der Waals surface area (Å²) >= 11 is 0. The van der Waals surface area contributed by atoms with Crippen LogP contribution in [0, 0.1) is 27.7 Å². The van der Waals surface area contributed by atoms with Crippen molar-refractivity contribution in [3.8, 4) is 34.0 Å². The van der Waals surface area contributed by atoms with Gasteiger partial charge in [0.05, 0.1) is 16.9 Å². The second-order valence-electron chi connectivity index (χ2n) is 14.3. The third kappa shape index (κ3) is 5.83. The molecule has 252 valence electrons. The summed E-state index contributed by atoms with van der Waals surface area (Å²) in [4.78, 5) is 9.85. The predicted octanol–water partition coefficient (Wildman–Crippen LogP) is 7.34. The molecule has 0 unspecified atom stereocenters. The predicted molar refractivity (Wildman–Crippen MR) is 225 cm³/mol. The van der Waals surface area contributed by atoms with Crippen molar-refractivity contribution in [2.75, 3.05) is 0 Å². The number of nitrogens with zero attached hydrogens (tertiary/aromatic N) is 2. The minimum absolute atomic E-state index is 0.00872. The van der Waals surface area contributed by atoms with E-state index in [1.54, 1.807) is 0 Å². The molecule has 8 aromatic rings. The van der Waals surface area contributed by atoms with E-state index in [1.165, 1.54) is 55.0 Å². The van der Waals surface area contributed by atoms with Crippen molar-refractivity contribution in [1.29, 1.82) is 0 Å². The first-order valence-electron chi connectivity index (χ1n) is 18.4. The Morgan fingerprint density at radius 1 is 0.453 bits per heavy atom. The van der Waals surface area contributed by atoms with Crippen LogP contribution in [0.2, 0.25) is 0 Å². The standard InChI is InChI=1S/C48H38B2N2O/c1-31-14-11-15-32(2)46(31)49-39-21-6-7-22-40(39)50(47-33(3)16-12-17-34(47)4)48-41(49)29-37(44-26-25-35-18-5-8-24-43(35)52-44)30-45(48)53-38-20-13-19-36(28-38)42-23-9-10-27-51-42/h5-30H,1-4H3. The van der Waals surface area contributed by atoms with Crippen molar-refractivity contribution in [3.63, 3.8) is 0 Å². The summed E-state index contributed by atoms with van der Waals surface area (Å²) in [7, 11) is 0. The van der Waals surface area contributed by atoms with Crippen molar-refractivity contribution >= 4 is 57.1 Å². The third-order valence-electron chi connectivity index (χ3n) is 11.0. The molecule has 0 saturated heterocycles. The molecular formula is C48H38B2N2O. The summed E-state index contributed by atoms with van der Waals surface area (Å²) in [5, 5.41) is 1.12. The molecule has 53 heavy (non-hydrogen) atoms. The summed E-state index contributed by atoms with van der Waals surface area (Å²) in [6.45, 7) is 8.93. The number of fused-ring (bicyclic) bond motifs is 3. The topological polar surface area (TPSA) is 35.0 Å². The molecule has 0 atom stereocenters. The lowest BCUT2D eigenvalue weighted by molar-refractivity contribution is 0.487. The molecule has 1 aliphatic heterocycles. The van der Waals surface area contributed by atoms with Crippen molar-refractivity contribution in [3.05, 3.63) is 180 Å². The van der Waals surface area contributed by atoms with Gasteiger partial charge in [0.25, 0.3) is 0 Å². The Kier molecular flexibility index (Phi) is 8.28. The molecular weight excluding hydrogens is 642 g/mol. The lowest BCUT2D eigenvalue weighted by atomic mass is 9.20. The fourth-order valence-electron chi connectivity index (χ4n) is 8.57. The zero-order valence-corrected chi connectivity index (χ0v) is 30.5. The minimum atomic E-state index is -0.0458. The number of hydrogen-bond donors (Lipinski definition) is 0. The number of ether oxygens (including phenoxy) is 1. The van der Waals surface area contributed by atoms with E-state index in [-0.39, 0.29) is 13.4 Å². The molecule has 0 aliphatic carbocycles. The molecule has 0 spiro atoms. The molecule has 3 heterocycles. The summed E-state index contributed by atoms with van der Waals surface area (Å²) in [5.41, 5.74) is 17.7. The maximum Gasteiger partial charge on any atom is 0.245 e. The Labute approximate surface area is 312 Å². The Morgan fingerprint density at radius 2 is 1.09 bits per heavy atom. The first-order chi connectivity index (χ1) is 25.9. The molecule has 0 N–H and O–H groups in total. The van der Waals surface area contributed by atoms with Gasteiger partial charge in [0, 0.05) is 22.7 Å². The molecule has 0 amide bonds. The largest absolute Gasteiger partial charge is 0.458 e. The number of aryl methyl sites for hydroxylation is 4. The van der Waals surface area contributed by atoms with E-state index in [1.807, 2.05) is 30.5 Å². The zero-order valence-electron chi connectivity index (χ0n) is 30.5. The summed E-state index contributed by atoms with van der Waals surface area (Å²) < 4.78 is 7.22. The normalized spacial score (nSPS) is 12.1. The second-order valence-corrected chi connectivity index (χ2v) is 14.3. The van der Waals surface area contributed by atoms with Gasteiger partial charge in [0.1, 0.15) is 11.5 Å². The van der Waals surface area contributed by atoms with E-state index in [4.69, 9.17) is 9.72 Å². The van der Waals surface area contributed by atoms with Gasteiger partial charge >= 0.3 is 0 Å². The maximum atomic E-state index is 7.22. The first-order valence-corrected chi connectivity index (χ1v) is 18.4. The summed E-state index contributed by atoms with van der Waals surface area (Å²) in [6, 6.07) is 53.9. The fourth-order valence-corrected chi connectivity index (χ4v) is 8.57. The number of pyridine rings is 2. The fraction of sp³-hybridized carbons (Fsp3) is 0.0833. The molecule has 1 aliphatic rings. The Hall–Kier alpha value is -6.19. The van der Waals surface area contributed by atoms with Gasteiger partial charge in [-0.15, -0.1) is 0 Å². The van der Waals surface area contributed by atoms with Gasteiger partial charge in [-0.3, -0.25) is 4.98 Å². The van der Waals surface area contributed by atoms with Gasteiger partial charge in [0.2, 0.25) is 13.4 Å². The highest BCUT2D eigenvalue weighted by Crippen LogP contribution is 2.30. The van der Waals surface area contributed by atoms with Crippen LogP contribution in [0.3, 0.4) is 0 Å². The van der Waals surface area contributed by atoms with Gasteiger partial charge < -0.3 is 4.74 Å². The second kappa shape index (κ2) is 13.4. The van der Waals surface area contributed by atoms with Crippen LogP contribution in [0.1, 0.15) is 22.3 Å². The van der Waals surface area contributed by atoms with Crippen LogP contribution >= 0.6 is 0 Å². The monoisotopic (exact) mass is 680 g/mol.